The van der Waals surface area contributed by atoms with E-state index in [9.17, 15) is 0 Å². The fourth-order valence-electron chi connectivity index (χ4n) is 1.89. The second-order valence-corrected chi connectivity index (χ2v) is 5.41. The van der Waals surface area contributed by atoms with Crippen molar-refractivity contribution in [2.75, 3.05) is 7.11 Å². The summed E-state index contributed by atoms with van der Waals surface area (Å²) in [7, 11) is 1.61. The van der Waals surface area contributed by atoms with Gasteiger partial charge in [0.2, 0.25) is 11.2 Å². The van der Waals surface area contributed by atoms with E-state index in [2.05, 4.69) is 25.9 Å². The molecular weight excluding hydrogens is 356 g/mol. The molecule has 0 radical (unpaired) electrons. The molecule has 0 spiro atoms. The van der Waals surface area contributed by atoms with Crippen LogP contribution < -0.4 is 9.47 Å². The minimum atomic E-state index is 0.147. The number of methoxy groups -OCH3 is 1. The summed E-state index contributed by atoms with van der Waals surface area (Å²) < 4.78 is 11.8. The Kier molecular flexibility index (Phi) is 3.94. The Morgan fingerprint density at radius 2 is 1.90 bits per heavy atom. The Bertz CT molecular complexity index is 811. The molecule has 0 saturated heterocycles. The number of para-hydroxylation sites is 1. The van der Waals surface area contributed by atoms with Crippen LogP contribution in [0.5, 0.6) is 17.4 Å². The second kappa shape index (κ2) is 5.87. The Balaban J connectivity index is 2.05. The minimum absolute atomic E-state index is 0.147. The quantitative estimate of drug-likeness (QED) is 0.623. The lowest BCUT2D eigenvalue weighted by Crippen LogP contribution is -1.94. The van der Waals surface area contributed by atoms with Crippen LogP contribution in [0.15, 0.2) is 46.9 Å². The van der Waals surface area contributed by atoms with Gasteiger partial charge in [0.25, 0.3) is 0 Å². The van der Waals surface area contributed by atoms with Gasteiger partial charge in [-0.3, -0.25) is 0 Å². The molecule has 1 aromatic heterocycles. The summed E-state index contributed by atoms with van der Waals surface area (Å²) in [4.78, 5) is 8.33. The molecule has 3 rings (SSSR count). The summed E-state index contributed by atoms with van der Waals surface area (Å²) in [5.74, 6) is 1.77. The highest BCUT2D eigenvalue weighted by Crippen LogP contribution is 2.34. The molecular formula is C15H10BrClN2O2. The van der Waals surface area contributed by atoms with Crippen molar-refractivity contribution in [2.24, 2.45) is 0 Å². The van der Waals surface area contributed by atoms with Gasteiger partial charge in [-0.15, -0.1) is 0 Å². The summed E-state index contributed by atoms with van der Waals surface area (Å²) in [6, 6.07) is 13.0. The largest absolute Gasteiger partial charge is 0.497 e. The number of rotatable bonds is 3. The monoisotopic (exact) mass is 364 g/mol. The molecule has 0 aliphatic heterocycles. The third-order valence-corrected chi connectivity index (χ3v) is 3.68. The van der Waals surface area contributed by atoms with Gasteiger partial charge in [0.1, 0.15) is 11.5 Å². The number of halogens is 2. The molecule has 6 heteroatoms. The molecule has 0 aliphatic carbocycles. The lowest BCUT2D eigenvalue weighted by atomic mass is 10.2. The van der Waals surface area contributed by atoms with Crippen LogP contribution in [0.4, 0.5) is 0 Å². The second-order valence-electron chi connectivity index (χ2n) is 4.21. The maximum absolute atomic E-state index is 5.94. The Morgan fingerprint density at radius 1 is 1.10 bits per heavy atom. The predicted molar refractivity (Wildman–Crippen MR) is 85.3 cm³/mol. The molecule has 0 amide bonds. The zero-order chi connectivity index (χ0) is 14.8. The lowest BCUT2D eigenvalue weighted by molar-refractivity contribution is 0.411. The van der Waals surface area contributed by atoms with Gasteiger partial charge in [-0.05, 0) is 57.9 Å². The average molecular weight is 366 g/mol. The van der Waals surface area contributed by atoms with E-state index in [1.54, 1.807) is 13.2 Å². The molecule has 0 bridgehead atoms. The maximum Gasteiger partial charge on any atom is 0.231 e. The van der Waals surface area contributed by atoms with Gasteiger partial charge in [-0.25, -0.2) is 4.98 Å². The van der Waals surface area contributed by atoms with E-state index in [1.807, 2.05) is 36.4 Å². The average Bonchev–Trinajstić information content (AvgIpc) is 2.49. The normalized spacial score (nSPS) is 10.6. The molecule has 3 aromatic rings. The first-order chi connectivity index (χ1) is 10.2. The predicted octanol–water partition coefficient (Wildman–Crippen LogP) is 4.85. The molecule has 0 fully saturated rings. The smallest absolute Gasteiger partial charge is 0.231 e. The van der Waals surface area contributed by atoms with Gasteiger partial charge >= 0.3 is 0 Å². The Labute approximate surface area is 134 Å². The molecule has 0 saturated carbocycles. The molecule has 4 nitrogen and oxygen atoms in total. The van der Waals surface area contributed by atoms with Gasteiger partial charge < -0.3 is 9.47 Å². The van der Waals surface area contributed by atoms with Crippen molar-refractivity contribution in [3.63, 3.8) is 0 Å². The topological polar surface area (TPSA) is 44.2 Å². The van der Waals surface area contributed by atoms with E-state index >= 15 is 0 Å². The molecule has 0 aliphatic rings. The van der Waals surface area contributed by atoms with Crippen LogP contribution in [0.1, 0.15) is 0 Å². The van der Waals surface area contributed by atoms with Crippen LogP contribution in [0.25, 0.3) is 10.9 Å². The number of benzene rings is 2. The Hall–Kier alpha value is -1.85. The lowest BCUT2D eigenvalue weighted by Gasteiger charge is -2.10. The van der Waals surface area contributed by atoms with Crippen LogP contribution in [-0.2, 0) is 0 Å². The van der Waals surface area contributed by atoms with E-state index in [-0.39, 0.29) is 5.28 Å². The van der Waals surface area contributed by atoms with Crippen molar-refractivity contribution in [1.82, 2.24) is 9.97 Å². The fourth-order valence-corrected chi connectivity index (χ4v) is 2.50. The summed E-state index contributed by atoms with van der Waals surface area (Å²) >= 11 is 9.39. The van der Waals surface area contributed by atoms with Crippen LogP contribution >= 0.6 is 27.5 Å². The van der Waals surface area contributed by atoms with Crippen molar-refractivity contribution >= 4 is 38.4 Å². The Morgan fingerprint density at radius 3 is 2.67 bits per heavy atom. The highest BCUT2D eigenvalue weighted by atomic mass is 79.9. The van der Waals surface area contributed by atoms with E-state index in [1.165, 1.54) is 0 Å². The molecule has 0 atom stereocenters. The number of nitrogens with zero attached hydrogens (tertiary/aromatic N) is 2. The summed E-state index contributed by atoms with van der Waals surface area (Å²) in [5.41, 5.74) is 0.733. The van der Waals surface area contributed by atoms with E-state index in [4.69, 9.17) is 21.1 Å². The van der Waals surface area contributed by atoms with Gasteiger partial charge in [-0.2, -0.15) is 4.98 Å². The minimum Gasteiger partial charge on any atom is -0.497 e. The van der Waals surface area contributed by atoms with Crippen LogP contribution in [0.2, 0.25) is 5.28 Å². The van der Waals surface area contributed by atoms with Crippen molar-refractivity contribution in [3.8, 4) is 17.4 Å². The first-order valence-corrected chi connectivity index (χ1v) is 7.28. The van der Waals surface area contributed by atoms with Crippen molar-refractivity contribution in [2.45, 2.75) is 0 Å². The van der Waals surface area contributed by atoms with Gasteiger partial charge in [0, 0.05) is 0 Å². The van der Waals surface area contributed by atoms with Crippen molar-refractivity contribution < 1.29 is 9.47 Å². The summed E-state index contributed by atoms with van der Waals surface area (Å²) in [6.07, 6.45) is 0. The number of aromatic nitrogens is 2. The molecule has 21 heavy (non-hydrogen) atoms. The van der Waals surface area contributed by atoms with E-state index < -0.39 is 0 Å². The highest BCUT2D eigenvalue weighted by Gasteiger charge is 2.11. The fraction of sp³-hybridized carbons (Fsp3) is 0.0667. The number of ether oxygens (including phenoxy) is 2. The third-order valence-electron chi connectivity index (χ3n) is 2.89. The van der Waals surface area contributed by atoms with E-state index in [0.29, 0.717) is 11.6 Å². The summed E-state index contributed by atoms with van der Waals surface area (Å²) in [5, 5.41) is 0.943. The molecule has 2 aromatic carbocycles. The zero-order valence-corrected chi connectivity index (χ0v) is 13.4. The third kappa shape index (κ3) is 2.94. The van der Waals surface area contributed by atoms with Crippen LogP contribution in [0, 0.1) is 0 Å². The van der Waals surface area contributed by atoms with E-state index in [0.717, 1.165) is 21.1 Å². The molecule has 0 unspecified atom stereocenters. The van der Waals surface area contributed by atoms with Gasteiger partial charge in [0.05, 0.1) is 22.5 Å². The van der Waals surface area contributed by atoms with Gasteiger partial charge in [-0.1, -0.05) is 12.1 Å². The van der Waals surface area contributed by atoms with Crippen LogP contribution in [0.3, 0.4) is 0 Å². The SMILES string of the molecule is COc1ccc(Oc2nc(Cl)nc3ccccc23)c(Br)c1. The van der Waals surface area contributed by atoms with Crippen LogP contribution in [-0.4, -0.2) is 17.1 Å². The molecule has 0 N–H and O–H groups in total. The zero-order valence-electron chi connectivity index (χ0n) is 11.0. The number of hydrogen-bond donors (Lipinski definition) is 0. The molecule has 1 heterocycles. The first kappa shape index (κ1) is 14.1. The summed E-state index contributed by atoms with van der Waals surface area (Å²) in [6.45, 7) is 0. The number of hydrogen-bond acceptors (Lipinski definition) is 4. The van der Waals surface area contributed by atoms with Crippen molar-refractivity contribution in [1.29, 1.82) is 0 Å². The van der Waals surface area contributed by atoms with Crippen molar-refractivity contribution in [3.05, 3.63) is 52.2 Å². The molecule has 106 valence electrons. The standard InChI is InChI=1S/C15H10BrClN2O2/c1-20-9-6-7-13(11(16)8-9)21-14-10-4-2-3-5-12(10)18-15(17)19-14/h2-8H,1H3. The first-order valence-electron chi connectivity index (χ1n) is 6.11. The maximum atomic E-state index is 5.94. The van der Waals surface area contributed by atoms with Gasteiger partial charge in [0.15, 0.2) is 0 Å². The highest BCUT2D eigenvalue weighted by molar-refractivity contribution is 9.10. The number of fused-ring (bicyclic) bond motifs is 1.